The number of nitrogens with two attached hydrogens (primary N) is 1. The summed E-state index contributed by atoms with van der Waals surface area (Å²) in [4.78, 5) is 4.32. The number of hydrazine groups is 1. The first-order valence-corrected chi connectivity index (χ1v) is 5.02. The van der Waals surface area contributed by atoms with E-state index < -0.39 is 0 Å². The molecule has 1 heterocycles. The Morgan fingerprint density at radius 1 is 1.50 bits per heavy atom. The summed E-state index contributed by atoms with van der Waals surface area (Å²) in [6.07, 6.45) is 2.84. The Bertz CT molecular complexity index is 284. The highest BCUT2D eigenvalue weighted by Crippen LogP contribution is 2.18. The second kappa shape index (κ2) is 5.08. The Hall–Kier alpha value is -0.930. The summed E-state index contributed by atoms with van der Waals surface area (Å²) < 4.78 is 0. The average molecular weight is 193 g/mol. The first kappa shape index (κ1) is 11.1. The van der Waals surface area contributed by atoms with Gasteiger partial charge in [0.15, 0.2) is 0 Å². The van der Waals surface area contributed by atoms with E-state index in [1.807, 2.05) is 12.3 Å². The molecular formula is C11H19N3. The third-order valence-corrected chi connectivity index (χ3v) is 2.20. The van der Waals surface area contributed by atoms with Gasteiger partial charge in [0.05, 0.1) is 11.7 Å². The van der Waals surface area contributed by atoms with Crippen LogP contribution in [0.25, 0.3) is 0 Å². The Balaban J connectivity index is 2.78. The minimum atomic E-state index is 0.162. The Kier molecular flexibility index (Phi) is 4.04. The fourth-order valence-electron chi connectivity index (χ4n) is 1.50. The second-order valence-electron chi connectivity index (χ2n) is 4.11. The van der Waals surface area contributed by atoms with Crippen LogP contribution in [0.4, 0.5) is 0 Å². The molecule has 0 aromatic carbocycles. The fourth-order valence-corrected chi connectivity index (χ4v) is 1.50. The van der Waals surface area contributed by atoms with Crippen LogP contribution in [0.15, 0.2) is 18.3 Å². The number of hydrogen-bond donors (Lipinski definition) is 2. The van der Waals surface area contributed by atoms with Gasteiger partial charge in [-0.3, -0.25) is 16.3 Å². The van der Waals surface area contributed by atoms with E-state index in [1.165, 1.54) is 5.56 Å². The molecule has 0 aliphatic heterocycles. The standard InChI is InChI=1S/C11H19N3/c1-8(2)6-11(14-12)10-7-9(3)4-5-13-10/h4-5,7-8,11,14H,6,12H2,1-3H3. The molecule has 0 amide bonds. The Morgan fingerprint density at radius 2 is 2.21 bits per heavy atom. The van der Waals surface area contributed by atoms with Crippen LogP contribution in [-0.2, 0) is 0 Å². The molecular weight excluding hydrogens is 174 g/mol. The van der Waals surface area contributed by atoms with Crippen molar-refractivity contribution in [3.05, 3.63) is 29.6 Å². The number of rotatable bonds is 4. The zero-order valence-electron chi connectivity index (χ0n) is 9.12. The predicted octanol–water partition coefficient (Wildman–Crippen LogP) is 1.94. The molecule has 0 saturated heterocycles. The van der Waals surface area contributed by atoms with Crippen molar-refractivity contribution in [3.63, 3.8) is 0 Å². The van der Waals surface area contributed by atoms with Gasteiger partial charge in [0.1, 0.15) is 0 Å². The molecule has 78 valence electrons. The first-order chi connectivity index (χ1) is 6.63. The second-order valence-corrected chi connectivity index (χ2v) is 4.11. The van der Waals surface area contributed by atoms with E-state index in [2.05, 4.69) is 37.2 Å². The van der Waals surface area contributed by atoms with Crippen LogP contribution in [0.1, 0.15) is 37.6 Å². The molecule has 1 rings (SSSR count). The Morgan fingerprint density at radius 3 is 2.71 bits per heavy atom. The summed E-state index contributed by atoms with van der Waals surface area (Å²) in [5, 5.41) is 0. The number of hydrogen-bond acceptors (Lipinski definition) is 3. The monoisotopic (exact) mass is 193 g/mol. The number of nitrogens with one attached hydrogen (secondary N) is 1. The van der Waals surface area contributed by atoms with Crippen LogP contribution in [-0.4, -0.2) is 4.98 Å². The van der Waals surface area contributed by atoms with Gasteiger partial charge in [0.25, 0.3) is 0 Å². The molecule has 1 aromatic rings. The first-order valence-electron chi connectivity index (χ1n) is 5.02. The molecule has 0 fully saturated rings. The quantitative estimate of drug-likeness (QED) is 0.567. The highest BCUT2D eigenvalue weighted by molar-refractivity contribution is 5.17. The minimum absolute atomic E-state index is 0.162. The summed E-state index contributed by atoms with van der Waals surface area (Å²) in [5.74, 6) is 6.12. The number of nitrogens with zero attached hydrogens (tertiary/aromatic N) is 1. The van der Waals surface area contributed by atoms with Gasteiger partial charge in [-0.05, 0) is 37.0 Å². The molecule has 0 aliphatic rings. The van der Waals surface area contributed by atoms with Gasteiger partial charge in [-0.25, -0.2) is 0 Å². The molecule has 0 spiro atoms. The maximum Gasteiger partial charge on any atom is 0.0634 e. The molecule has 3 nitrogen and oxygen atoms in total. The number of aryl methyl sites for hydroxylation is 1. The summed E-state index contributed by atoms with van der Waals surface area (Å²) in [6.45, 7) is 6.43. The van der Waals surface area contributed by atoms with Gasteiger partial charge >= 0.3 is 0 Å². The maximum atomic E-state index is 5.51. The van der Waals surface area contributed by atoms with Gasteiger partial charge in [-0.1, -0.05) is 13.8 Å². The number of aromatic nitrogens is 1. The lowest BCUT2D eigenvalue weighted by Crippen LogP contribution is -2.29. The van der Waals surface area contributed by atoms with Gasteiger partial charge in [-0.2, -0.15) is 0 Å². The van der Waals surface area contributed by atoms with Crippen LogP contribution < -0.4 is 11.3 Å². The third-order valence-electron chi connectivity index (χ3n) is 2.20. The summed E-state index contributed by atoms with van der Waals surface area (Å²) in [7, 11) is 0. The van der Waals surface area contributed by atoms with Crippen molar-refractivity contribution in [2.45, 2.75) is 33.2 Å². The van der Waals surface area contributed by atoms with E-state index in [9.17, 15) is 0 Å². The maximum absolute atomic E-state index is 5.51. The zero-order valence-corrected chi connectivity index (χ0v) is 9.12. The van der Waals surface area contributed by atoms with E-state index in [1.54, 1.807) is 0 Å². The molecule has 0 aliphatic carbocycles. The lowest BCUT2D eigenvalue weighted by atomic mass is 10.0. The van der Waals surface area contributed by atoms with Gasteiger partial charge in [-0.15, -0.1) is 0 Å². The molecule has 3 heteroatoms. The van der Waals surface area contributed by atoms with Gasteiger partial charge in [0, 0.05) is 6.20 Å². The minimum Gasteiger partial charge on any atom is -0.271 e. The summed E-state index contributed by atoms with van der Waals surface area (Å²) >= 11 is 0. The van der Waals surface area contributed by atoms with Crippen LogP contribution in [0.5, 0.6) is 0 Å². The van der Waals surface area contributed by atoms with E-state index in [-0.39, 0.29) is 6.04 Å². The average Bonchev–Trinajstić information content (AvgIpc) is 2.14. The highest BCUT2D eigenvalue weighted by Gasteiger charge is 2.12. The topological polar surface area (TPSA) is 50.9 Å². The summed E-state index contributed by atoms with van der Waals surface area (Å²) in [5.41, 5.74) is 5.06. The Labute approximate surface area is 85.7 Å². The molecule has 14 heavy (non-hydrogen) atoms. The molecule has 1 aromatic heterocycles. The molecule has 0 saturated carbocycles. The molecule has 1 atom stereocenters. The van der Waals surface area contributed by atoms with Crippen LogP contribution >= 0.6 is 0 Å². The van der Waals surface area contributed by atoms with Crippen molar-refractivity contribution in [1.29, 1.82) is 0 Å². The van der Waals surface area contributed by atoms with E-state index in [0.29, 0.717) is 5.92 Å². The lowest BCUT2D eigenvalue weighted by molar-refractivity contribution is 0.430. The van der Waals surface area contributed by atoms with Crippen molar-refractivity contribution >= 4 is 0 Å². The lowest BCUT2D eigenvalue weighted by Gasteiger charge is -2.17. The van der Waals surface area contributed by atoms with Gasteiger partial charge < -0.3 is 0 Å². The van der Waals surface area contributed by atoms with E-state index in [4.69, 9.17) is 5.84 Å². The molecule has 1 unspecified atom stereocenters. The van der Waals surface area contributed by atoms with E-state index in [0.717, 1.165) is 12.1 Å². The van der Waals surface area contributed by atoms with Crippen LogP contribution in [0, 0.1) is 12.8 Å². The molecule has 0 bridgehead atoms. The largest absolute Gasteiger partial charge is 0.271 e. The smallest absolute Gasteiger partial charge is 0.0634 e. The normalized spacial score (nSPS) is 13.2. The van der Waals surface area contributed by atoms with Crippen LogP contribution in [0.3, 0.4) is 0 Å². The summed E-state index contributed by atoms with van der Waals surface area (Å²) in [6, 6.07) is 4.23. The third kappa shape index (κ3) is 3.09. The predicted molar refractivity (Wildman–Crippen MR) is 58.5 cm³/mol. The van der Waals surface area contributed by atoms with Crippen LogP contribution in [0.2, 0.25) is 0 Å². The van der Waals surface area contributed by atoms with Crippen molar-refractivity contribution < 1.29 is 0 Å². The van der Waals surface area contributed by atoms with Crippen molar-refractivity contribution in [2.75, 3.05) is 0 Å². The number of pyridine rings is 1. The molecule has 0 radical (unpaired) electrons. The van der Waals surface area contributed by atoms with Crippen molar-refractivity contribution in [2.24, 2.45) is 11.8 Å². The van der Waals surface area contributed by atoms with Crippen molar-refractivity contribution in [3.8, 4) is 0 Å². The SMILES string of the molecule is Cc1ccnc(C(CC(C)C)NN)c1. The van der Waals surface area contributed by atoms with Crippen molar-refractivity contribution in [1.82, 2.24) is 10.4 Å². The zero-order chi connectivity index (χ0) is 10.6. The highest BCUT2D eigenvalue weighted by atomic mass is 15.2. The van der Waals surface area contributed by atoms with E-state index >= 15 is 0 Å². The van der Waals surface area contributed by atoms with Gasteiger partial charge in [0.2, 0.25) is 0 Å². The molecule has 3 N–H and O–H groups in total. The fraction of sp³-hybridized carbons (Fsp3) is 0.545.